The van der Waals surface area contributed by atoms with Crippen LogP contribution in [0.1, 0.15) is 18.6 Å². The number of aromatic nitrogens is 1. The first kappa shape index (κ1) is 6.67. The second-order valence-electron chi connectivity index (χ2n) is 2.85. The van der Waals surface area contributed by atoms with Crippen LogP contribution in [0.15, 0.2) is 10.6 Å². The van der Waals surface area contributed by atoms with Gasteiger partial charge >= 0.3 is 6.08 Å². The molecular formula is C7H10N2O2. The van der Waals surface area contributed by atoms with Gasteiger partial charge in [0.05, 0.1) is 18.8 Å². The first-order valence-corrected chi connectivity index (χ1v) is 3.54. The molecule has 60 valence electrons. The average Bonchev–Trinajstić information content (AvgIpc) is 2.61. The number of ether oxygens (including phenoxy) is 1. The van der Waals surface area contributed by atoms with E-state index < -0.39 is 0 Å². The van der Waals surface area contributed by atoms with E-state index in [1.54, 1.807) is 6.20 Å². The minimum atomic E-state index is -0.246. The summed E-state index contributed by atoms with van der Waals surface area (Å²) in [5, 5.41) is 0. The fourth-order valence-corrected chi connectivity index (χ4v) is 0.964. The maximum atomic E-state index is 5.85. The van der Waals surface area contributed by atoms with Crippen LogP contribution >= 0.6 is 0 Å². The number of hydrogen-bond donors (Lipinski definition) is 1. The molecule has 0 aromatic carbocycles. The van der Waals surface area contributed by atoms with E-state index in [-0.39, 0.29) is 11.6 Å². The molecule has 1 heterocycles. The van der Waals surface area contributed by atoms with Crippen molar-refractivity contribution in [2.24, 2.45) is 5.73 Å². The van der Waals surface area contributed by atoms with Crippen molar-refractivity contribution < 1.29 is 9.15 Å². The van der Waals surface area contributed by atoms with Gasteiger partial charge in [0.15, 0.2) is 0 Å². The molecule has 2 N–H and O–H groups in total. The van der Waals surface area contributed by atoms with E-state index in [0.29, 0.717) is 0 Å². The maximum Gasteiger partial charge on any atom is 0.393 e. The highest BCUT2D eigenvalue weighted by atomic mass is 16.6. The minimum absolute atomic E-state index is 0.246. The number of oxazole rings is 1. The highest BCUT2D eigenvalue weighted by molar-refractivity contribution is 5.17. The van der Waals surface area contributed by atoms with E-state index in [0.717, 1.165) is 18.6 Å². The molecule has 0 spiro atoms. The summed E-state index contributed by atoms with van der Waals surface area (Å²) in [4.78, 5) is 3.87. The molecule has 0 bridgehead atoms. The Balaban J connectivity index is 2.25. The Morgan fingerprint density at radius 1 is 1.73 bits per heavy atom. The molecule has 0 amide bonds. The molecule has 1 fully saturated rings. The van der Waals surface area contributed by atoms with E-state index in [4.69, 9.17) is 14.9 Å². The van der Waals surface area contributed by atoms with Crippen LogP contribution in [0, 0.1) is 0 Å². The third kappa shape index (κ3) is 0.991. The summed E-state index contributed by atoms with van der Waals surface area (Å²) in [6.07, 6.45) is 3.87. The molecule has 4 heteroatoms. The molecule has 0 radical (unpaired) electrons. The lowest BCUT2D eigenvalue weighted by atomic mass is 10.2. The molecule has 0 saturated heterocycles. The molecule has 1 aromatic rings. The van der Waals surface area contributed by atoms with E-state index in [9.17, 15) is 0 Å². The topological polar surface area (TPSA) is 61.3 Å². The monoisotopic (exact) mass is 154 g/mol. The van der Waals surface area contributed by atoms with Crippen LogP contribution in [0.3, 0.4) is 0 Å². The molecule has 1 aliphatic carbocycles. The van der Waals surface area contributed by atoms with Crippen LogP contribution in [0.5, 0.6) is 6.08 Å². The second kappa shape index (κ2) is 1.98. The Labute approximate surface area is 64.4 Å². The summed E-state index contributed by atoms with van der Waals surface area (Å²) >= 11 is 0. The summed E-state index contributed by atoms with van der Waals surface area (Å²) in [5.41, 5.74) is 5.60. The molecule has 0 atom stereocenters. The zero-order valence-electron chi connectivity index (χ0n) is 6.33. The molecule has 11 heavy (non-hydrogen) atoms. The molecule has 1 aromatic heterocycles. The van der Waals surface area contributed by atoms with Crippen molar-refractivity contribution in [2.75, 3.05) is 7.11 Å². The highest BCUT2D eigenvalue weighted by Gasteiger charge is 2.43. The Morgan fingerprint density at radius 3 is 2.91 bits per heavy atom. The number of nitrogens with two attached hydrogens (primary N) is 1. The van der Waals surface area contributed by atoms with Gasteiger partial charge in [-0.15, -0.1) is 0 Å². The van der Waals surface area contributed by atoms with Crippen LogP contribution in [0.2, 0.25) is 0 Å². The van der Waals surface area contributed by atoms with E-state index in [2.05, 4.69) is 4.98 Å². The second-order valence-corrected chi connectivity index (χ2v) is 2.85. The summed E-state index contributed by atoms with van der Waals surface area (Å²) in [6.45, 7) is 0. The first-order chi connectivity index (χ1) is 5.24. The van der Waals surface area contributed by atoms with Crippen LogP contribution in [0.25, 0.3) is 0 Å². The lowest BCUT2D eigenvalue weighted by Gasteiger charge is -2.00. The standard InChI is InChI=1S/C7H10N2O2/c1-10-6-9-4-5(11-6)7(8)2-3-7/h4H,2-3,8H2,1H3. The van der Waals surface area contributed by atoms with Crippen molar-refractivity contribution in [1.29, 1.82) is 0 Å². The fraction of sp³-hybridized carbons (Fsp3) is 0.571. The van der Waals surface area contributed by atoms with Gasteiger partial charge in [0.25, 0.3) is 0 Å². The van der Waals surface area contributed by atoms with Crippen molar-refractivity contribution in [3.8, 4) is 6.08 Å². The summed E-state index contributed by atoms with van der Waals surface area (Å²) < 4.78 is 9.99. The third-order valence-corrected chi connectivity index (χ3v) is 1.94. The number of nitrogens with zero attached hydrogens (tertiary/aromatic N) is 1. The van der Waals surface area contributed by atoms with Gasteiger partial charge in [0.2, 0.25) is 0 Å². The number of rotatable bonds is 2. The maximum absolute atomic E-state index is 5.85. The van der Waals surface area contributed by atoms with Crippen molar-refractivity contribution in [2.45, 2.75) is 18.4 Å². The van der Waals surface area contributed by atoms with Gasteiger partial charge in [-0.3, -0.25) is 0 Å². The first-order valence-electron chi connectivity index (χ1n) is 3.54. The van der Waals surface area contributed by atoms with Gasteiger partial charge in [0.1, 0.15) is 5.76 Å². The van der Waals surface area contributed by atoms with E-state index in [1.807, 2.05) is 0 Å². The van der Waals surface area contributed by atoms with Crippen LogP contribution < -0.4 is 10.5 Å². The molecule has 1 aliphatic rings. The van der Waals surface area contributed by atoms with Crippen molar-refractivity contribution >= 4 is 0 Å². The number of methoxy groups -OCH3 is 1. The molecule has 4 nitrogen and oxygen atoms in total. The average molecular weight is 154 g/mol. The zero-order valence-corrected chi connectivity index (χ0v) is 6.33. The van der Waals surface area contributed by atoms with Gasteiger partial charge in [-0.1, -0.05) is 0 Å². The minimum Gasteiger partial charge on any atom is -0.454 e. The summed E-state index contributed by atoms with van der Waals surface area (Å²) in [7, 11) is 1.52. The fourth-order valence-electron chi connectivity index (χ4n) is 0.964. The molecule has 0 unspecified atom stereocenters. The third-order valence-electron chi connectivity index (χ3n) is 1.94. The predicted octanol–water partition coefficient (Wildman–Crippen LogP) is 0.631. The Hall–Kier alpha value is -1.03. The smallest absolute Gasteiger partial charge is 0.393 e. The summed E-state index contributed by atoms with van der Waals surface area (Å²) in [6, 6.07) is 0. The predicted molar refractivity (Wildman–Crippen MR) is 38.2 cm³/mol. The van der Waals surface area contributed by atoms with Crippen molar-refractivity contribution in [3.63, 3.8) is 0 Å². The van der Waals surface area contributed by atoms with Crippen molar-refractivity contribution in [1.82, 2.24) is 4.98 Å². The largest absolute Gasteiger partial charge is 0.454 e. The highest BCUT2D eigenvalue weighted by Crippen LogP contribution is 2.43. The van der Waals surface area contributed by atoms with Crippen molar-refractivity contribution in [3.05, 3.63) is 12.0 Å². The lowest BCUT2D eigenvalue weighted by molar-refractivity contribution is 0.273. The van der Waals surface area contributed by atoms with E-state index in [1.165, 1.54) is 7.11 Å². The van der Waals surface area contributed by atoms with Crippen LogP contribution in [-0.2, 0) is 5.54 Å². The quantitative estimate of drug-likeness (QED) is 0.678. The van der Waals surface area contributed by atoms with Gasteiger partial charge in [-0.25, -0.2) is 0 Å². The summed E-state index contributed by atoms with van der Waals surface area (Å²) in [5.74, 6) is 0.731. The Bertz CT molecular complexity index is 265. The molecule has 2 rings (SSSR count). The van der Waals surface area contributed by atoms with Crippen LogP contribution in [0.4, 0.5) is 0 Å². The van der Waals surface area contributed by atoms with E-state index >= 15 is 0 Å². The SMILES string of the molecule is COc1ncc(C2(N)CC2)o1. The molecule has 1 saturated carbocycles. The zero-order chi connectivity index (χ0) is 7.90. The lowest BCUT2D eigenvalue weighted by Crippen LogP contribution is -2.17. The molecular weight excluding hydrogens is 144 g/mol. The number of hydrogen-bond acceptors (Lipinski definition) is 4. The van der Waals surface area contributed by atoms with Gasteiger partial charge in [-0.2, -0.15) is 4.98 Å². The van der Waals surface area contributed by atoms with Gasteiger partial charge in [0, 0.05) is 0 Å². The van der Waals surface area contributed by atoms with Gasteiger partial charge in [-0.05, 0) is 12.8 Å². The Kier molecular flexibility index (Phi) is 1.20. The Morgan fingerprint density at radius 2 is 2.45 bits per heavy atom. The van der Waals surface area contributed by atoms with Gasteiger partial charge < -0.3 is 14.9 Å². The van der Waals surface area contributed by atoms with Crippen LogP contribution in [-0.4, -0.2) is 12.1 Å². The molecule has 0 aliphatic heterocycles. The normalized spacial score (nSPS) is 19.8.